The molecule has 0 spiro atoms. The van der Waals surface area contributed by atoms with Gasteiger partial charge in [0.1, 0.15) is 5.82 Å². The molecule has 5 nitrogen and oxygen atoms in total. The number of nitrogen functional groups attached to an aromatic ring is 1. The summed E-state index contributed by atoms with van der Waals surface area (Å²) in [7, 11) is 0. The zero-order valence-corrected chi connectivity index (χ0v) is 5.53. The first-order chi connectivity index (χ1) is 4.63. The topological polar surface area (TPSA) is 92.0 Å². The van der Waals surface area contributed by atoms with E-state index < -0.39 is 5.97 Å². The minimum Gasteiger partial charge on any atom is -0.481 e. The molecule has 0 aromatic carbocycles. The highest BCUT2D eigenvalue weighted by atomic mass is 16.4. The summed E-state index contributed by atoms with van der Waals surface area (Å²) in [6, 6.07) is 1.69. The van der Waals surface area contributed by atoms with E-state index in [-0.39, 0.29) is 0 Å². The van der Waals surface area contributed by atoms with Gasteiger partial charge in [0.05, 0.1) is 0 Å². The third-order valence-corrected chi connectivity index (χ3v) is 0.522. The maximum Gasteiger partial charge on any atom is 0.300 e. The van der Waals surface area contributed by atoms with Gasteiger partial charge in [0.25, 0.3) is 5.97 Å². The fraction of sp³-hybridized carbons (Fsp3) is 0.200. The Kier molecular flexibility index (Phi) is 3.70. The molecule has 0 atom stereocenters. The number of carboxylic acids is 1. The number of hydrogen-bond acceptors (Lipinski definition) is 3. The molecule has 1 aromatic rings. The lowest BCUT2D eigenvalue weighted by Gasteiger charge is -1.67. The number of carbonyl (C=O) groups is 1. The van der Waals surface area contributed by atoms with Gasteiger partial charge in [-0.3, -0.25) is 9.89 Å². The van der Waals surface area contributed by atoms with Gasteiger partial charge in [-0.25, -0.2) is 0 Å². The van der Waals surface area contributed by atoms with E-state index in [1.54, 1.807) is 12.3 Å². The molecule has 0 saturated carbocycles. The molecule has 0 fully saturated rings. The first-order valence-corrected chi connectivity index (χ1v) is 2.57. The quantitative estimate of drug-likeness (QED) is 0.479. The van der Waals surface area contributed by atoms with Gasteiger partial charge >= 0.3 is 0 Å². The number of nitrogens with one attached hydrogen (secondary N) is 1. The Balaban J connectivity index is 0.000000180. The normalized spacial score (nSPS) is 7.70. The van der Waals surface area contributed by atoms with Crippen LogP contribution in [0.15, 0.2) is 12.3 Å². The monoisotopic (exact) mass is 143 g/mol. The van der Waals surface area contributed by atoms with E-state index in [1.807, 2.05) is 0 Å². The standard InChI is InChI=1S/C3H5N3.C2H4O2/c4-3-1-2-5-6-3;1-2(3)4/h1-2H,(H3,4,5,6);1H3,(H,3,4). The van der Waals surface area contributed by atoms with Crippen molar-refractivity contribution in [3.63, 3.8) is 0 Å². The molecule has 0 aliphatic heterocycles. The Morgan fingerprint density at radius 1 is 1.90 bits per heavy atom. The summed E-state index contributed by atoms with van der Waals surface area (Å²) in [6.45, 7) is 1.08. The summed E-state index contributed by atoms with van der Waals surface area (Å²) in [5.74, 6) is -0.296. The van der Waals surface area contributed by atoms with Crippen molar-refractivity contribution in [3.8, 4) is 0 Å². The van der Waals surface area contributed by atoms with Crippen LogP contribution < -0.4 is 5.73 Å². The Hall–Kier alpha value is -1.52. The molecule has 0 unspecified atom stereocenters. The smallest absolute Gasteiger partial charge is 0.300 e. The highest BCUT2D eigenvalue weighted by Gasteiger charge is 1.75. The predicted octanol–water partition coefficient (Wildman–Crippen LogP) is 0.0828. The molecule has 0 aliphatic rings. The first-order valence-electron chi connectivity index (χ1n) is 2.57. The Morgan fingerprint density at radius 3 is 2.50 bits per heavy atom. The molecule has 56 valence electrons. The van der Waals surface area contributed by atoms with Crippen LogP contribution >= 0.6 is 0 Å². The lowest BCUT2D eigenvalue weighted by atomic mass is 10.7. The van der Waals surface area contributed by atoms with E-state index in [1.165, 1.54) is 0 Å². The van der Waals surface area contributed by atoms with Crippen LogP contribution in [0.4, 0.5) is 5.82 Å². The number of nitrogens with two attached hydrogens (primary N) is 1. The number of aromatic nitrogens is 2. The fourth-order valence-electron chi connectivity index (χ4n) is 0.272. The van der Waals surface area contributed by atoms with Gasteiger partial charge in [-0.15, -0.1) is 0 Å². The van der Waals surface area contributed by atoms with E-state index >= 15 is 0 Å². The van der Waals surface area contributed by atoms with Crippen molar-refractivity contribution in [2.45, 2.75) is 6.92 Å². The van der Waals surface area contributed by atoms with Crippen molar-refractivity contribution in [2.75, 3.05) is 5.73 Å². The maximum atomic E-state index is 9.00. The summed E-state index contributed by atoms with van der Waals surface area (Å²) in [5, 5.41) is 13.5. The van der Waals surface area contributed by atoms with E-state index in [4.69, 9.17) is 15.6 Å². The number of carboxylic acid groups (broad SMARTS) is 1. The number of aromatic amines is 1. The average Bonchev–Trinajstić information content (AvgIpc) is 2.15. The fourth-order valence-corrected chi connectivity index (χ4v) is 0.272. The number of anilines is 1. The predicted molar refractivity (Wildman–Crippen MR) is 36.3 cm³/mol. The van der Waals surface area contributed by atoms with E-state index in [0.29, 0.717) is 5.82 Å². The summed E-state index contributed by atoms with van der Waals surface area (Å²) in [5.41, 5.74) is 5.14. The van der Waals surface area contributed by atoms with Gasteiger partial charge in [-0.05, 0) is 6.07 Å². The molecule has 0 bridgehead atoms. The van der Waals surface area contributed by atoms with Gasteiger partial charge in [0.15, 0.2) is 0 Å². The average molecular weight is 143 g/mol. The Labute approximate surface area is 57.9 Å². The molecule has 1 heterocycles. The van der Waals surface area contributed by atoms with Crippen LogP contribution in [0, 0.1) is 0 Å². The third-order valence-electron chi connectivity index (χ3n) is 0.522. The van der Waals surface area contributed by atoms with Crippen molar-refractivity contribution in [3.05, 3.63) is 12.3 Å². The molecule has 0 radical (unpaired) electrons. The lowest BCUT2D eigenvalue weighted by molar-refractivity contribution is -0.134. The van der Waals surface area contributed by atoms with Crippen LogP contribution in [0.25, 0.3) is 0 Å². The second-order valence-electron chi connectivity index (χ2n) is 1.52. The molecular weight excluding hydrogens is 134 g/mol. The number of H-pyrrole nitrogens is 1. The zero-order valence-electron chi connectivity index (χ0n) is 5.53. The van der Waals surface area contributed by atoms with Crippen LogP contribution in [0.2, 0.25) is 0 Å². The van der Waals surface area contributed by atoms with Gasteiger partial charge < -0.3 is 10.8 Å². The SMILES string of the molecule is CC(=O)O.Nc1cc[nH]n1. The molecule has 1 aromatic heterocycles. The van der Waals surface area contributed by atoms with Crippen molar-refractivity contribution in [1.29, 1.82) is 0 Å². The van der Waals surface area contributed by atoms with Crippen LogP contribution in [-0.4, -0.2) is 21.3 Å². The molecule has 0 saturated heterocycles. The molecule has 0 amide bonds. The van der Waals surface area contributed by atoms with Crippen molar-refractivity contribution < 1.29 is 9.90 Å². The van der Waals surface area contributed by atoms with Crippen LogP contribution in [0.3, 0.4) is 0 Å². The second-order valence-corrected chi connectivity index (χ2v) is 1.52. The minimum atomic E-state index is -0.833. The molecule has 4 N–H and O–H groups in total. The second kappa shape index (κ2) is 4.37. The molecule has 10 heavy (non-hydrogen) atoms. The molecule has 1 rings (SSSR count). The van der Waals surface area contributed by atoms with Gasteiger partial charge in [0, 0.05) is 13.1 Å². The number of nitrogens with zero attached hydrogens (tertiary/aromatic N) is 1. The third kappa shape index (κ3) is 6.48. The van der Waals surface area contributed by atoms with Gasteiger partial charge in [-0.2, -0.15) is 5.10 Å². The summed E-state index contributed by atoms with van der Waals surface area (Å²) in [4.78, 5) is 9.00. The van der Waals surface area contributed by atoms with E-state index in [9.17, 15) is 0 Å². The first kappa shape index (κ1) is 8.48. The Bertz CT molecular complexity index is 179. The molecular formula is C5H9N3O2. The number of aliphatic carboxylic acids is 1. The zero-order chi connectivity index (χ0) is 7.98. The minimum absolute atomic E-state index is 0.537. The lowest BCUT2D eigenvalue weighted by Crippen LogP contribution is -1.81. The van der Waals surface area contributed by atoms with E-state index in [0.717, 1.165) is 6.92 Å². The number of hydrogen-bond donors (Lipinski definition) is 3. The van der Waals surface area contributed by atoms with Gasteiger partial charge in [-0.1, -0.05) is 0 Å². The number of rotatable bonds is 0. The highest BCUT2D eigenvalue weighted by molar-refractivity contribution is 5.62. The summed E-state index contributed by atoms with van der Waals surface area (Å²) >= 11 is 0. The molecule has 5 heteroatoms. The molecule has 0 aliphatic carbocycles. The largest absolute Gasteiger partial charge is 0.481 e. The van der Waals surface area contributed by atoms with Crippen molar-refractivity contribution in [2.24, 2.45) is 0 Å². The van der Waals surface area contributed by atoms with Crippen molar-refractivity contribution >= 4 is 11.8 Å². The highest BCUT2D eigenvalue weighted by Crippen LogP contribution is 1.86. The van der Waals surface area contributed by atoms with E-state index in [2.05, 4.69) is 10.2 Å². The summed E-state index contributed by atoms with van der Waals surface area (Å²) < 4.78 is 0. The summed E-state index contributed by atoms with van der Waals surface area (Å²) in [6.07, 6.45) is 1.68. The van der Waals surface area contributed by atoms with Crippen LogP contribution in [-0.2, 0) is 4.79 Å². The van der Waals surface area contributed by atoms with Crippen LogP contribution in [0.5, 0.6) is 0 Å². The Morgan fingerprint density at radius 2 is 2.40 bits per heavy atom. The maximum absolute atomic E-state index is 9.00. The van der Waals surface area contributed by atoms with Gasteiger partial charge in [0.2, 0.25) is 0 Å². The van der Waals surface area contributed by atoms with Crippen LogP contribution in [0.1, 0.15) is 6.92 Å². The van der Waals surface area contributed by atoms with Crippen molar-refractivity contribution in [1.82, 2.24) is 10.2 Å².